The van der Waals surface area contributed by atoms with Gasteiger partial charge >= 0.3 is 0 Å². The highest BCUT2D eigenvalue weighted by atomic mass is 16.3. The lowest BCUT2D eigenvalue weighted by Crippen LogP contribution is -2.38. The fourth-order valence-electron chi connectivity index (χ4n) is 2.08. The van der Waals surface area contributed by atoms with Crippen molar-refractivity contribution in [3.05, 3.63) is 24.2 Å². The Morgan fingerprint density at radius 1 is 1.42 bits per heavy atom. The van der Waals surface area contributed by atoms with Gasteiger partial charge in [-0.2, -0.15) is 0 Å². The number of furan rings is 1. The number of hydrogen-bond donors (Lipinski definition) is 2. The second-order valence-corrected chi connectivity index (χ2v) is 5.10. The smallest absolute Gasteiger partial charge is 0.191 e. The summed E-state index contributed by atoms with van der Waals surface area (Å²) >= 11 is 0. The van der Waals surface area contributed by atoms with Crippen LogP contribution < -0.4 is 10.6 Å². The summed E-state index contributed by atoms with van der Waals surface area (Å²) in [6, 6.07) is 3.92. The first kappa shape index (κ1) is 14.0. The van der Waals surface area contributed by atoms with Gasteiger partial charge in [-0.1, -0.05) is 12.8 Å². The lowest BCUT2D eigenvalue weighted by atomic mass is 10.2. The van der Waals surface area contributed by atoms with Gasteiger partial charge in [-0.3, -0.25) is 4.99 Å². The van der Waals surface area contributed by atoms with Crippen molar-refractivity contribution in [1.82, 2.24) is 10.6 Å². The summed E-state index contributed by atoms with van der Waals surface area (Å²) in [5.41, 5.74) is 0. The molecule has 0 aromatic carbocycles. The minimum Gasteiger partial charge on any atom is -0.469 e. The fraction of sp³-hybridized carbons (Fsp3) is 0.667. The number of nitrogens with zero attached hydrogens (tertiary/aromatic N) is 1. The van der Waals surface area contributed by atoms with Crippen molar-refractivity contribution in [1.29, 1.82) is 0 Å². The van der Waals surface area contributed by atoms with Gasteiger partial charge < -0.3 is 15.1 Å². The molecule has 0 saturated heterocycles. The van der Waals surface area contributed by atoms with Gasteiger partial charge in [0.05, 0.1) is 6.26 Å². The molecule has 1 aliphatic carbocycles. The van der Waals surface area contributed by atoms with Crippen LogP contribution in [0.1, 0.15) is 38.4 Å². The van der Waals surface area contributed by atoms with Gasteiger partial charge in [0, 0.05) is 26.1 Å². The molecular weight excluding hydrogens is 238 g/mol. The zero-order valence-electron chi connectivity index (χ0n) is 11.8. The third-order valence-electron chi connectivity index (χ3n) is 3.33. The van der Waals surface area contributed by atoms with Crippen LogP contribution in [0.25, 0.3) is 0 Å². The maximum atomic E-state index is 5.31. The summed E-state index contributed by atoms with van der Waals surface area (Å²) in [5, 5.41) is 6.62. The summed E-state index contributed by atoms with van der Waals surface area (Å²) in [6.45, 7) is 4.76. The Morgan fingerprint density at radius 3 is 3.00 bits per heavy atom. The van der Waals surface area contributed by atoms with Crippen LogP contribution in [0.5, 0.6) is 0 Å². The van der Waals surface area contributed by atoms with Crippen molar-refractivity contribution in [2.45, 2.75) is 39.0 Å². The third kappa shape index (κ3) is 5.81. The molecule has 4 heteroatoms. The predicted octanol–water partition coefficient (Wildman–Crippen LogP) is 2.57. The Kier molecular flexibility index (Phi) is 5.79. The number of guanidine groups is 1. The SMILES string of the molecule is CCNC(=NCCCC1CC1)NCCc1ccco1. The van der Waals surface area contributed by atoms with E-state index in [2.05, 4.69) is 22.5 Å². The fourth-order valence-corrected chi connectivity index (χ4v) is 2.08. The second kappa shape index (κ2) is 7.87. The third-order valence-corrected chi connectivity index (χ3v) is 3.33. The van der Waals surface area contributed by atoms with Crippen LogP contribution in [0.3, 0.4) is 0 Å². The normalized spacial score (nSPS) is 15.5. The van der Waals surface area contributed by atoms with Crippen LogP contribution in [0, 0.1) is 5.92 Å². The van der Waals surface area contributed by atoms with Gasteiger partial charge in [0.25, 0.3) is 0 Å². The van der Waals surface area contributed by atoms with Crippen LogP contribution in [0.4, 0.5) is 0 Å². The van der Waals surface area contributed by atoms with Crippen molar-refractivity contribution < 1.29 is 4.42 Å². The average Bonchev–Trinajstić information content (AvgIpc) is 3.09. The molecular formula is C15H25N3O. The molecule has 1 saturated carbocycles. The number of aliphatic imine (C=N–C) groups is 1. The van der Waals surface area contributed by atoms with Crippen LogP contribution >= 0.6 is 0 Å². The highest BCUT2D eigenvalue weighted by molar-refractivity contribution is 5.79. The molecule has 1 aromatic heterocycles. The van der Waals surface area contributed by atoms with E-state index in [1.54, 1.807) is 6.26 Å². The summed E-state index contributed by atoms with van der Waals surface area (Å²) in [4.78, 5) is 4.60. The molecule has 1 heterocycles. The van der Waals surface area contributed by atoms with Crippen LogP contribution in [-0.2, 0) is 6.42 Å². The maximum Gasteiger partial charge on any atom is 0.191 e. The predicted molar refractivity (Wildman–Crippen MR) is 78.4 cm³/mol. The monoisotopic (exact) mass is 263 g/mol. The molecule has 0 spiro atoms. The lowest BCUT2D eigenvalue weighted by Gasteiger charge is -2.10. The maximum absolute atomic E-state index is 5.31. The van der Waals surface area contributed by atoms with Crippen LogP contribution in [-0.4, -0.2) is 25.6 Å². The molecule has 1 fully saturated rings. The zero-order chi connectivity index (χ0) is 13.3. The van der Waals surface area contributed by atoms with Crippen molar-refractivity contribution in [2.75, 3.05) is 19.6 Å². The van der Waals surface area contributed by atoms with Crippen molar-refractivity contribution in [3.8, 4) is 0 Å². The molecule has 4 nitrogen and oxygen atoms in total. The van der Waals surface area contributed by atoms with E-state index in [-0.39, 0.29) is 0 Å². The Bertz CT molecular complexity index is 369. The van der Waals surface area contributed by atoms with E-state index in [9.17, 15) is 0 Å². The standard InChI is InChI=1S/C15H25N3O/c1-2-16-15(17-10-3-5-13-7-8-13)18-11-9-14-6-4-12-19-14/h4,6,12-13H,2-3,5,7-11H2,1H3,(H2,16,17,18). The van der Waals surface area contributed by atoms with Crippen molar-refractivity contribution >= 4 is 5.96 Å². The van der Waals surface area contributed by atoms with Crippen molar-refractivity contribution in [3.63, 3.8) is 0 Å². The molecule has 19 heavy (non-hydrogen) atoms. The summed E-state index contributed by atoms with van der Waals surface area (Å²) in [5.74, 6) is 2.94. The number of nitrogens with one attached hydrogen (secondary N) is 2. The second-order valence-electron chi connectivity index (χ2n) is 5.10. The van der Waals surface area contributed by atoms with E-state index in [1.807, 2.05) is 12.1 Å². The Labute approximate surface area is 115 Å². The van der Waals surface area contributed by atoms with Gasteiger partial charge in [0.1, 0.15) is 5.76 Å². The molecule has 0 bridgehead atoms. The zero-order valence-corrected chi connectivity index (χ0v) is 11.8. The van der Waals surface area contributed by atoms with E-state index in [1.165, 1.54) is 25.7 Å². The molecule has 106 valence electrons. The lowest BCUT2D eigenvalue weighted by molar-refractivity contribution is 0.506. The first-order chi connectivity index (χ1) is 9.38. The molecule has 2 rings (SSSR count). The molecule has 0 amide bonds. The summed E-state index contributed by atoms with van der Waals surface area (Å²) < 4.78 is 5.31. The average molecular weight is 263 g/mol. The van der Waals surface area contributed by atoms with Gasteiger partial charge in [-0.25, -0.2) is 0 Å². The van der Waals surface area contributed by atoms with Gasteiger partial charge in [0.2, 0.25) is 0 Å². The molecule has 2 N–H and O–H groups in total. The highest BCUT2D eigenvalue weighted by Crippen LogP contribution is 2.33. The minimum atomic E-state index is 0.849. The molecule has 0 aliphatic heterocycles. The van der Waals surface area contributed by atoms with Crippen LogP contribution in [0.15, 0.2) is 27.8 Å². The van der Waals surface area contributed by atoms with E-state index < -0.39 is 0 Å². The quantitative estimate of drug-likeness (QED) is 0.430. The van der Waals surface area contributed by atoms with Gasteiger partial charge in [-0.15, -0.1) is 0 Å². The topological polar surface area (TPSA) is 49.6 Å². The van der Waals surface area contributed by atoms with E-state index in [0.29, 0.717) is 0 Å². The summed E-state index contributed by atoms with van der Waals surface area (Å²) in [7, 11) is 0. The summed E-state index contributed by atoms with van der Waals surface area (Å²) in [6.07, 6.45) is 8.02. The Hall–Kier alpha value is -1.45. The molecule has 1 aromatic rings. The van der Waals surface area contributed by atoms with Gasteiger partial charge in [-0.05, 0) is 37.8 Å². The van der Waals surface area contributed by atoms with E-state index in [0.717, 1.165) is 43.7 Å². The van der Waals surface area contributed by atoms with Crippen LogP contribution in [0.2, 0.25) is 0 Å². The molecule has 0 unspecified atom stereocenters. The highest BCUT2D eigenvalue weighted by Gasteiger charge is 2.19. The van der Waals surface area contributed by atoms with E-state index in [4.69, 9.17) is 4.42 Å². The van der Waals surface area contributed by atoms with Gasteiger partial charge in [0.15, 0.2) is 5.96 Å². The van der Waals surface area contributed by atoms with Crippen molar-refractivity contribution in [2.24, 2.45) is 10.9 Å². The first-order valence-electron chi connectivity index (χ1n) is 7.43. The minimum absolute atomic E-state index is 0.849. The largest absolute Gasteiger partial charge is 0.469 e. The number of rotatable bonds is 8. The Balaban J connectivity index is 1.63. The first-order valence-corrected chi connectivity index (χ1v) is 7.43. The van der Waals surface area contributed by atoms with E-state index >= 15 is 0 Å². The molecule has 0 atom stereocenters. The molecule has 1 aliphatic rings. The number of hydrogen-bond acceptors (Lipinski definition) is 2. The Morgan fingerprint density at radius 2 is 2.32 bits per heavy atom. The molecule has 0 radical (unpaired) electrons.